The maximum absolute atomic E-state index is 12.2. The highest BCUT2D eigenvalue weighted by atomic mass is 35.5. The molecule has 0 saturated carbocycles. The van der Waals surface area contributed by atoms with Crippen molar-refractivity contribution < 1.29 is 14.1 Å². The molecule has 1 aromatic carbocycles. The normalized spacial score (nSPS) is 10.6. The summed E-state index contributed by atoms with van der Waals surface area (Å²) in [6.07, 6.45) is 1.57. The topological polar surface area (TPSA) is 98.3 Å². The molecule has 2 heterocycles. The number of nitro groups is 1. The van der Waals surface area contributed by atoms with Crippen LogP contribution in [0.15, 0.2) is 41.0 Å². The SMILES string of the molecule is Cc1nc(-c2ccco2)sc1CNC(=O)c1ccc(Cl)c([N+](=O)[O-])c1. The van der Waals surface area contributed by atoms with Crippen molar-refractivity contribution in [1.29, 1.82) is 0 Å². The Morgan fingerprint density at radius 1 is 1.44 bits per heavy atom. The highest BCUT2D eigenvalue weighted by molar-refractivity contribution is 7.15. The van der Waals surface area contributed by atoms with Crippen molar-refractivity contribution in [2.75, 3.05) is 0 Å². The predicted molar refractivity (Wildman–Crippen MR) is 93.8 cm³/mol. The van der Waals surface area contributed by atoms with E-state index in [4.69, 9.17) is 16.0 Å². The highest BCUT2D eigenvalue weighted by Gasteiger charge is 2.17. The van der Waals surface area contributed by atoms with Crippen molar-refractivity contribution in [2.24, 2.45) is 0 Å². The molecule has 0 radical (unpaired) electrons. The van der Waals surface area contributed by atoms with Crippen molar-refractivity contribution in [3.05, 3.63) is 67.9 Å². The van der Waals surface area contributed by atoms with Crippen molar-refractivity contribution >= 4 is 34.5 Å². The number of nitro benzene ring substituents is 1. The van der Waals surface area contributed by atoms with Gasteiger partial charge < -0.3 is 9.73 Å². The molecule has 0 aliphatic carbocycles. The van der Waals surface area contributed by atoms with Gasteiger partial charge in [-0.15, -0.1) is 11.3 Å². The number of aromatic nitrogens is 1. The number of furan rings is 1. The summed E-state index contributed by atoms with van der Waals surface area (Å²) in [5.41, 5.74) is 0.659. The van der Waals surface area contributed by atoms with Gasteiger partial charge in [-0.25, -0.2) is 4.98 Å². The van der Waals surface area contributed by atoms with Gasteiger partial charge in [-0.1, -0.05) is 11.6 Å². The number of aryl methyl sites for hydroxylation is 1. The zero-order valence-corrected chi connectivity index (χ0v) is 14.6. The summed E-state index contributed by atoms with van der Waals surface area (Å²) >= 11 is 7.17. The molecule has 9 heteroatoms. The zero-order chi connectivity index (χ0) is 18.0. The molecule has 0 saturated heterocycles. The first-order chi connectivity index (χ1) is 12.0. The molecule has 25 heavy (non-hydrogen) atoms. The van der Waals surface area contributed by atoms with Gasteiger partial charge in [-0.3, -0.25) is 14.9 Å². The van der Waals surface area contributed by atoms with Gasteiger partial charge in [-0.2, -0.15) is 0 Å². The van der Waals surface area contributed by atoms with E-state index in [1.165, 1.54) is 23.5 Å². The number of halogens is 1. The van der Waals surface area contributed by atoms with Crippen LogP contribution in [0.1, 0.15) is 20.9 Å². The average Bonchev–Trinajstić information content (AvgIpc) is 3.22. The highest BCUT2D eigenvalue weighted by Crippen LogP contribution is 2.28. The Labute approximate surface area is 151 Å². The predicted octanol–water partition coefficient (Wildman–Crippen LogP) is 4.20. The monoisotopic (exact) mass is 377 g/mol. The van der Waals surface area contributed by atoms with Crippen LogP contribution in [0.25, 0.3) is 10.8 Å². The van der Waals surface area contributed by atoms with Crippen LogP contribution in [-0.4, -0.2) is 15.8 Å². The number of carbonyl (C=O) groups excluding carboxylic acids is 1. The number of thiazole rings is 1. The second kappa shape index (κ2) is 7.04. The number of carbonyl (C=O) groups is 1. The van der Waals surface area contributed by atoms with Crippen LogP contribution in [0, 0.1) is 17.0 Å². The van der Waals surface area contributed by atoms with E-state index < -0.39 is 10.8 Å². The van der Waals surface area contributed by atoms with Crippen molar-refractivity contribution in [3.8, 4) is 10.8 Å². The largest absolute Gasteiger partial charge is 0.462 e. The number of amides is 1. The summed E-state index contributed by atoms with van der Waals surface area (Å²) in [5, 5.41) is 14.4. The van der Waals surface area contributed by atoms with E-state index in [-0.39, 0.29) is 22.8 Å². The molecule has 2 aromatic heterocycles. The third-order valence-corrected chi connectivity index (χ3v) is 4.93. The van der Waals surface area contributed by atoms with Crippen molar-refractivity contribution in [2.45, 2.75) is 13.5 Å². The number of nitrogens with zero attached hydrogens (tertiary/aromatic N) is 2. The summed E-state index contributed by atoms with van der Waals surface area (Å²) in [7, 11) is 0. The second-order valence-corrected chi connectivity index (χ2v) is 6.60. The van der Waals surface area contributed by atoms with Crippen LogP contribution >= 0.6 is 22.9 Å². The Hall–Kier alpha value is -2.71. The van der Waals surface area contributed by atoms with E-state index in [1.54, 1.807) is 12.3 Å². The van der Waals surface area contributed by atoms with Crippen LogP contribution in [-0.2, 0) is 6.54 Å². The van der Waals surface area contributed by atoms with E-state index in [1.807, 2.05) is 13.0 Å². The third-order valence-electron chi connectivity index (χ3n) is 3.44. The van der Waals surface area contributed by atoms with E-state index in [0.717, 1.165) is 21.6 Å². The van der Waals surface area contributed by atoms with E-state index in [2.05, 4.69) is 10.3 Å². The quantitative estimate of drug-likeness (QED) is 0.530. The first-order valence-corrected chi connectivity index (χ1v) is 8.37. The third kappa shape index (κ3) is 3.70. The molecule has 0 bridgehead atoms. The van der Waals surface area contributed by atoms with Gasteiger partial charge in [0, 0.05) is 16.5 Å². The summed E-state index contributed by atoms with van der Waals surface area (Å²) in [6.45, 7) is 2.11. The fourth-order valence-corrected chi connectivity index (χ4v) is 3.31. The first-order valence-electron chi connectivity index (χ1n) is 7.18. The Kier molecular flexibility index (Phi) is 4.82. The lowest BCUT2D eigenvalue weighted by Gasteiger charge is -2.05. The van der Waals surface area contributed by atoms with E-state index in [9.17, 15) is 14.9 Å². The Morgan fingerprint density at radius 3 is 2.92 bits per heavy atom. The minimum absolute atomic E-state index is 0.0112. The lowest BCUT2D eigenvalue weighted by molar-refractivity contribution is -0.384. The minimum Gasteiger partial charge on any atom is -0.462 e. The molecule has 1 N–H and O–H groups in total. The molecule has 0 aliphatic heterocycles. The Bertz CT molecular complexity index is 937. The molecular weight excluding hydrogens is 366 g/mol. The van der Waals surface area contributed by atoms with Gasteiger partial charge in [0.2, 0.25) is 0 Å². The zero-order valence-electron chi connectivity index (χ0n) is 13.0. The standard InChI is InChI=1S/C16H12ClN3O4S/c1-9-14(25-16(19-9)13-3-2-6-24-13)8-18-15(21)10-4-5-11(17)12(7-10)20(22)23/h2-7H,8H2,1H3,(H,18,21). The second-order valence-electron chi connectivity index (χ2n) is 5.11. The Balaban J connectivity index is 1.73. The van der Waals surface area contributed by atoms with E-state index >= 15 is 0 Å². The molecule has 7 nitrogen and oxygen atoms in total. The van der Waals surface area contributed by atoms with Crippen molar-refractivity contribution in [1.82, 2.24) is 10.3 Å². The van der Waals surface area contributed by atoms with Crippen LogP contribution in [0.4, 0.5) is 5.69 Å². The minimum atomic E-state index is -0.623. The van der Waals surface area contributed by atoms with Crippen LogP contribution < -0.4 is 5.32 Å². The van der Waals surface area contributed by atoms with Gasteiger partial charge in [0.1, 0.15) is 5.02 Å². The molecule has 3 rings (SSSR count). The fraction of sp³-hybridized carbons (Fsp3) is 0.125. The molecule has 0 aliphatic rings. The molecule has 0 fully saturated rings. The summed E-state index contributed by atoms with van der Waals surface area (Å²) < 4.78 is 5.31. The van der Waals surface area contributed by atoms with Gasteiger partial charge in [-0.05, 0) is 31.2 Å². The fourth-order valence-electron chi connectivity index (χ4n) is 2.15. The van der Waals surface area contributed by atoms with Crippen LogP contribution in [0.2, 0.25) is 5.02 Å². The molecule has 128 valence electrons. The van der Waals surface area contributed by atoms with Crippen LogP contribution in [0.5, 0.6) is 0 Å². The average molecular weight is 378 g/mol. The number of hydrogen-bond acceptors (Lipinski definition) is 6. The molecule has 0 spiro atoms. The van der Waals surface area contributed by atoms with Gasteiger partial charge in [0.25, 0.3) is 11.6 Å². The lowest BCUT2D eigenvalue weighted by Crippen LogP contribution is -2.22. The molecular formula is C16H12ClN3O4S. The molecule has 0 atom stereocenters. The van der Waals surface area contributed by atoms with Crippen molar-refractivity contribution in [3.63, 3.8) is 0 Å². The first kappa shape index (κ1) is 17.1. The number of nitrogens with one attached hydrogen (secondary N) is 1. The van der Waals surface area contributed by atoms with Gasteiger partial charge in [0.15, 0.2) is 10.8 Å². The maximum atomic E-state index is 12.2. The van der Waals surface area contributed by atoms with Gasteiger partial charge in [0.05, 0.1) is 23.4 Å². The summed E-state index contributed by atoms with van der Waals surface area (Å²) in [6, 6.07) is 7.53. The van der Waals surface area contributed by atoms with E-state index in [0.29, 0.717) is 5.76 Å². The van der Waals surface area contributed by atoms with Crippen LogP contribution in [0.3, 0.4) is 0 Å². The summed E-state index contributed by atoms with van der Waals surface area (Å²) in [5.74, 6) is 0.242. The maximum Gasteiger partial charge on any atom is 0.288 e. The number of hydrogen-bond donors (Lipinski definition) is 1. The van der Waals surface area contributed by atoms with Gasteiger partial charge >= 0.3 is 0 Å². The molecule has 0 unspecified atom stereocenters. The lowest BCUT2D eigenvalue weighted by atomic mass is 10.2. The number of rotatable bonds is 5. The number of benzene rings is 1. The molecule has 3 aromatic rings. The summed E-state index contributed by atoms with van der Waals surface area (Å²) in [4.78, 5) is 27.8. The smallest absolute Gasteiger partial charge is 0.288 e. The Morgan fingerprint density at radius 2 is 2.24 bits per heavy atom. The molecule has 1 amide bonds.